The van der Waals surface area contributed by atoms with Crippen molar-refractivity contribution in [2.75, 3.05) is 0 Å². The van der Waals surface area contributed by atoms with Gasteiger partial charge in [-0.25, -0.2) is 9.48 Å². The van der Waals surface area contributed by atoms with Crippen LogP contribution in [-0.2, 0) is 13.1 Å². The number of aromatic nitrogens is 3. The molecule has 0 saturated heterocycles. The summed E-state index contributed by atoms with van der Waals surface area (Å²) in [4.78, 5) is 12.4. The van der Waals surface area contributed by atoms with Crippen LogP contribution < -0.4 is 5.69 Å². The van der Waals surface area contributed by atoms with Gasteiger partial charge in [0.05, 0.1) is 0 Å². The lowest BCUT2D eigenvalue weighted by molar-refractivity contribution is 0.340. The number of rotatable bonds is 1. The third kappa shape index (κ3) is 1.80. The summed E-state index contributed by atoms with van der Waals surface area (Å²) < 4.78 is 6.50. The third-order valence-electron chi connectivity index (χ3n) is 4.07. The molecule has 0 N–H and O–H groups in total. The molecular formula is C12H19N3OS. The summed E-state index contributed by atoms with van der Waals surface area (Å²) in [6, 6.07) is 0.356. The largest absolute Gasteiger partial charge is 0.345 e. The Bertz CT molecular complexity index is 481. The van der Waals surface area contributed by atoms with Crippen molar-refractivity contribution in [3.63, 3.8) is 0 Å². The van der Waals surface area contributed by atoms with Crippen molar-refractivity contribution in [3.8, 4) is 0 Å². The van der Waals surface area contributed by atoms with E-state index in [1.54, 1.807) is 0 Å². The molecule has 5 heteroatoms. The fourth-order valence-corrected chi connectivity index (χ4v) is 3.56. The predicted molar refractivity (Wildman–Crippen MR) is 68.9 cm³/mol. The first kappa shape index (κ1) is 11.3. The van der Waals surface area contributed by atoms with Gasteiger partial charge in [0.2, 0.25) is 0 Å². The average molecular weight is 253 g/mol. The third-order valence-corrected chi connectivity index (χ3v) is 4.48. The van der Waals surface area contributed by atoms with E-state index in [0.29, 0.717) is 6.04 Å². The Kier molecular flexibility index (Phi) is 2.94. The molecule has 2 heterocycles. The molecule has 0 radical (unpaired) electrons. The predicted octanol–water partition coefficient (Wildman–Crippen LogP) is 2.48. The van der Waals surface area contributed by atoms with E-state index < -0.39 is 0 Å². The molecule has 1 aliphatic carbocycles. The van der Waals surface area contributed by atoms with E-state index in [0.717, 1.165) is 43.5 Å². The molecule has 0 spiro atoms. The Balaban J connectivity index is 2.07. The van der Waals surface area contributed by atoms with Crippen molar-refractivity contribution in [2.45, 2.75) is 64.1 Å². The lowest BCUT2D eigenvalue weighted by Crippen LogP contribution is -2.31. The topological polar surface area (TPSA) is 31.9 Å². The summed E-state index contributed by atoms with van der Waals surface area (Å²) in [6.45, 7) is 1.75. The summed E-state index contributed by atoms with van der Waals surface area (Å²) in [5.74, 6) is 0. The molecule has 1 fully saturated rings. The second-order valence-corrected chi connectivity index (χ2v) is 5.55. The minimum Gasteiger partial charge on any atom is -0.265 e. The normalized spacial score (nSPS) is 21.4. The van der Waals surface area contributed by atoms with Gasteiger partial charge in [0, 0.05) is 19.1 Å². The highest BCUT2D eigenvalue weighted by Crippen LogP contribution is 2.27. The second kappa shape index (κ2) is 4.44. The molecule has 0 amide bonds. The Morgan fingerprint density at radius 3 is 2.24 bits per heavy atom. The van der Waals surface area contributed by atoms with Gasteiger partial charge >= 0.3 is 5.69 Å². The molecule has 0 aromatic carbocycles. The van der Waals surface area contributed by atoms with Crippen molar-refractivity contribution in [2.24, 2.45) is 0 Å². The van der Waals surface area contributed by atoms with E-state index in [2.05, 4.69) is 0 Å². The molecular weight excluding hydrogens is 234 g/mol. The van der Waals surface area contributed by atoms with Crippen LogP contribution in [0.25, 0.3) is 0 Å². The van der Waals surface area contributed by atoms with Crippen molar-refractivity contribution < 1.29 is 0 Å². The van der Waals surface area contributed by atoms with Gasteiger partial charge in [0.1, 0.15) is 0 Å². The molecule has 4 nitrogen and oxygen atoms in total. The summed E-state index contributed by atoms with van der Waals surface area (Å²) in [7, 11) is 0. The van der Waals surface area contributed by atoms with Crippen LogP contribution in [0, 0.1) is 4.77 Å². The van der Waals surface area contributed by atoms with Gasteiger partial charge in [-0.1, -0.05) is 19.3 Å². The first-order valence-corrected chi connectivity index (χ1v) is 7.12. The Labute approximate surface area is 106 Å². The molecule has 3 rings (SSSR count). The summed E-state index contributed by atoms with van der Waals surface area (Å²) >= 11 is 5.49. The van der Waals surface area contributed by atoms with Crippen molar-refractivity contribution in [3.05, 3.63) is 15.3 Å². The van der Waals surface area contributed by atoms with Crippen LogP contribution in [0.2, 0.25) is 0 Å². The minimum atomic E-state index is 0.126. The summed E-state index contributed by atoms with van der Waals surface area (Å²) in [6.07, 6.45) is 8.25. The van der Waals surface area contributed by atoms with E-state index in [-0.39, 0.29) is 5.69 Å². The molecule has 1 saturated carbocycles. The SMILES string of the molecule is O=c1n(C2CCCCC2)c(=S)n2n1CCCC2. The first-order chi connectivity index (χ1) is 8.29. The maximum absolute atomic E-state index is 12.4. The molecule has 94 valence electrons. The minimum absolute atomic E-state index is 0.126. The summed E-state index contributed by atoms with van der Waals surface area (Å²) in [5.41, 5.74) is 0.126. The molecule has 0 unspecified atom stereocenters. The van der Waals surface area contributed by atoms with Crippen molar-refractivity contribution in [1.29, 1.82) is 0 Å². The highest BCUT2D eigenvalue weighted by atomic mass is 32.1. The molecule has 1 aliphatic heterocycles. The zero-order valence-corrected chi connectivity index (χ0v) is 10.9. The van der Waals surface area contributed by atoms with Gasteiger partial charge in [-0.15, -0.1) is 0 Å². The van der Waals surface area contributed by atoms with Crippen LogP contribution in [0.3, 0.4) is 0 Å². The molecule has 1 aromatic rings. The fraction of sp³-hybridized carbons (Fsp3) is 0.833. The van der Waals surface area contributed by atoms with Crippen LogP contribution in [0.15, 0.2) is 4.79 Å². The lowest BCUT2D eigenvalue weighted by atomic mass is 9.95. The quantitative estimate of drug-likeness (QED) is 0.720. The molecule has 17 heavy (non-hydrogen) atoms. The number of hydrogen-bond donors (Lipinski definition) is 0. The zero-order valence-electron chi connectivity index (χ0n) is 10.1. The fourth-order valence-electron chi connectivity index (χ4n) is 3.14. The van der Waals surface area contributed by atoms with E-state index in [4.69, 9.17) is 12.2 Å². The highest BCUT2D eigenvalue weighted by molar-refractivity contribution is 7.71. The average Bonchev–Trinajstić information content (AvgIpc) is 2.64. The number of fused-ring (bicyclic) bond motifs is 1. The van der Waals surface area contributed by atoms with Crippen LogP contribution in [0.1, 0.15) is 51.0 Å². The van der Waals surface area contributed by atoms with Gasteiger partial charge in [-0.2, -0.15) is 0 Å². The standard InChI is InChI=1S/C12H19N3OS/c16-11-13-8-4-5-9-14(13)12(17)15(11)10-6-2-1-3-7-10/h10H,1-9H2. The van der Waals surface area contributed by atoms with Gasteiger partial charge in [-0.05, 0) is 37.9 Å². The Hall–Kier alpha value is -0.840. The highest BCUT2D eigenvalue weighted by Gasteiger charge is 2.23. The van der Waals surface area contributed by atoms with Crippen LogP contribution in [-0.4, -0.2) is 13.9 Å². The maximum Gasteiger partial charge on any atom is 0.345 e. The maximum atomic E-state index is 12.4. The van der Waals surface area contributed by atoms with Gasteiger partial charge in [0.25, 0.3) is 0 Å². The van der Waals surface area contributed by atoms with E-state index >= 15 is 0 Å². The van der Waals surface area contributed by atoms with Crippen molar-refractivity contribution >= 4 is 12.2 Å². The monoisotopic (exact) mass is 253 g/mol. The Morgan fingerprint density at radius 1 is 0.941 bits per heavy atom. The van der Waals surface area contributed by atoms with Crippen molar-refractivity contribution in [1.82, 2.24) is 13.9 Å². The van der Waals surface area contributed by atoms with Gasteiger partial charge in [0.15, 0.2) is 4.77 Å². The van der Waals surface area contributed by atoms with Gasteiger partial charge < -0.3 is 0 Å². The summed E-state index contributed by atoms with van der Waals surface area (Å²) in [5, 5.41) is 0. The second-order valence-electron chi connectivity index (χ2n) is 5.18. The van der Waals surface area contributed by atoms with Crippen LogP contribution in [0.5, 0.6) is 0 Å². The van der Waals surface area contributed by atoms with E-state index in [1.807, 2.05) is 13.9 Å². The number of nitrogens with zero attached hydrogens (tertiary/aromatic N) is 3. The molecule has 0 bridgehead atoms. The molecule has 2 aliphatic rings. The molecule has 1 aromatic heterocycles. The lowest BCUT2D eigenvalue weighted by Gasteiger charge is -2.21. The van der Waals surface area contributed by atoms with Crippen LogP contribution >= 0.6 is 12.2 Å². The number of hydrogen-bond acceptors (Lipinski definition) is 2. The first-order valence-electron chi connectivity index (χ1n) is 6.71. The van der Waals surface area contributed by atoms with Crippen LogP contribution in [0.4, 0.5) is 0 Å². The molecule has 0 atom stereocenters. The zero-order chi connectivity index (χ0) is 11.8. The van der Waals surface area contributed by atoms with E-state index in [9.17, 15) is 4.79 Å². The van der Waals surface area contributed by atoms with E-state index in [1.165, 1.54) is 19.3 Å². The smallest absolute Gasteiger partial charge is 0.265 e. The Morgan fingerprint density at radius 2 is 1.59 bits per heavy atom. The van der Waals surface area contributed by atoms with Gasteiger partial charge in [-0.3, -0.25) is 9.25 Å².